The van der Waals surface area contributed by atoms with E-state index >= 15 is 0 Å². The number of nitrogens with one attached hydrogen (secondary N) is 1. The molecule has 0 bridgehead atoms. The van der Waals surface area contributed by atoms with Crippen LogP contribution in [0.1, 0.15) is 16.7 Å². The second kappa shape index (κ2) is 13.8. The summed E-state index contributed by atoms with van der Waals surface area (Å²) < 4.78 is 28.7. The number of amides is 2. The fourth-order valence-corrected chi connectivity index (χ4v) is 6.13. The SMILES string of the molecule is CNC(=O)[C@@H](Cc1ccccc1)N(Cc1ccccc1C)C(=O)CN(c1cccc([N+](=O)[O-])c1)S(=O)(=O)c1ccccc1. The van der Waals surface area contributed by atoms with Crippen LogP contribution in [0.2, 0.25) is 0 Å². The molecule has 4 aromatic rings. The summed E-state index contributed by atoms with van der Waals surface area (Å²) in [6, 6.07) is 28.3. The summed E-state index contributed by atoms with van der Waals surface area (Å²) >= 11 is 0. The summed E-state index contributed by atoms with van der Waals surface area (Å²) in [7, 11) is -2.88. The zero-order valence-corrected chi connectivity index (χ0v) is 24.6. The summed E-state index contributed by atoms with van der Waals surface area (Å²) in [4.78, 5) is 39.8. The number of non-ortho nitro benzene ring substituents is 1. The molecule has 0 saturated heterocycles. The molecule has 0 saturated carbocycles. The van der Waals surface area contributed by atoms with Crippen molar-refractivity contribution >= 4 is 33.2 Å². The first kappa shape index (κ1) is 30.9. The van der Waals surface area contributed by atoms with E-state index in [0.717, 1.165) is 27.1 Å². The van der Waals surface area contributed by atoms with E-state index in [1.165, 1.54) is 42.3 Å². The highest BCUT2D eigenvalue weighted by molar-refractivity contribution is 7.92. The van der Waals surface area contributed by atoms with Crippen LogP contribution in [0.3, 0.4) is 0 Å². The van der Waals surface area contributed by atoms with Crippen molar-refractivity contribution in [1.29, 1.82) is 0 Å². The number of nitro groups is 1. The normalized spacial score (nSPS) is 11.8. The lowest BCUT2D eigenvalue weighted by Gasteiger charge is -2.34. The molecule has 0 spiro atoms. The monoisotopic (exact) mass is 600 g/mol. The molecule has 10 nitrogen and oxygen atoms in total. The number of nitrogens with zero attached hydrogens (tertiary/aromatic N) is 3. The van der Waals surface area contributed by atoms with Crippen molar-refractivity contribution in [2.45, 2.75) is 30.8 Å². The third-order valence-corrected chi connectivity index (χ3v) is 8.85. The van der Waals surface area contributed by atoms with Crippen molar-refractivity contribution in [1.82, 2.24) is 10.2 Å². The average Bonchev–Trinajstić information content (AvgIpc) is 3.02. The van der Waals surface area contributed by atoms with Gasteiger partial charge in [0.1, 0.15) is 12.6 Å². The Morgan fingerprint density at radius 3 is 2.14 bits per heavy atom. The van der Waals surface area contributed by atoms with E-state index in [1.807, 2.05) is 61.5 Å². The number of carbonyl (C=O) groups is 2. The Morgan fingerprint density at radius 2 is 1.51 bits per heavy atom. The number of nitro benzene ring substituents is 1. The van der Waals surface area contributed by atoms with E-state index in [1.54, 1.807) is 18.2 Å². The second-order valence-electron chi connectivity index (χ2n) is 9.87. The van der Waals surface area contributed by atoms with Gasteiger partial charge in [0.2, 0.25) is 11.8 Å². The second-order valence-corrected chi connectivity index (χ2v) is 11.7. The largest absolute Gasteiger partial charge is 0.357 e. The average molecular weight is 601 g/mol. The quantitative estimate of drug-likeness (QED) is 0.189. The van der Waals surface area contributed by atoms with Gasteiger partial charge in [-0.1, -0.05) is 78.9 Å². The minimum Gasteiger partial charge on any atom is -0.357 e. The van der Waals surface area contributed by atoms with Crippen LogP contribution in [0.4, 0.5) is 11.4 Å². The van der Waals surface area contributed by atoms with Crippen molar-refractivity contribution in [3.05, 3.63) is 136 Å². The molecule has 4 aromatic carbocycles. The van der Waals surface area contributed by atoms with Crippen LogP contribution in [-0.2, 0) is 32.6 Å². The summed E-state index contributed by atoms with van der Waals surface area (Å²) in [6.07, 6.45) is 0.181. The summed E-state index contributed by atoms with van der Waals surface area (Å²) in [5.41, 5.74) is 2.10. The molecule has 0 radical (unpaired) electrons. The zero-order chi connectivity index (χ0) is 31.0. The number of rotatable bonds is 12. The van der Waals surface area contributed by atoms with Crippen LogP contribution < -0.4 is 9.62 Å². The Balaban J connectivity index is 1.82. The van der Waals surface area contributed by atoms with Crippen molar-refractivity contribution in [3.8, 4) is 0 Å². The highest BCUT2D eigenvalue weighted by atomic mass is 32.2. The van der Waals surface area contributed by atoms with E-state index in [4.69, 9.17) is 0 Å². The maximum atomic E-state index is 14.3. The van der Waals surface area contributed by atoms with Gasteiger partial charge in [0.15, 0.2) is 0 Å². The number of benzene rings is 4. The Morgan fingerprint density at radius 1 is 0.884 bits per heavy atom. The molecule has 1 N–H and O–H groups in total. The minimum atomic E-state index is -4.35. The van der Waals surface area contributed by atoms with Gasteiger partial charge in [-0.3, -0.25) is 24.0 Å². The van der Waals surface area contributed by atoms with E-state index in [2.05, 4.69) is 5.32 Å². The van der Waals surface area contributed by atoms with E-state index < -0.39 is 39.3 Å². The minimum absolute atomic E-state index is 0.0323. The molecule has 0 fully saturated rings. The lowest BCUT2D eigenvalue weighted by molar-refractivity contribution is -0.384. The maximum absolute atomic E-state index is 14.3. The summed E-state index contributed by atoms with van der Waals surface area (Å²) in [6.45, 7) is 1.22. The maximum Gasteiger partial charge on any atom is 0.271 e. The number of anilines is 1. The third kappa shape index (κ3) is 7.44. The molecule has 43 heavy (non-hydrogen) atoms. The summed E-state index contributed by atoms with van der Waals surface area (Å²) in [5.74, 6) is -1.07. The molecule has 0 aliphatic rings. The molecule has 0 unspecified atom stereocenters. The van der Waals surface area contributed by atoms with Crippen molar-refractivity contribution in [2.75, 3.05) is 17.9 Å². The van der Waals surface area contributed by atoms with Crippen molar-refractivity contribution in [3.63, 3.8) is 0 Å². The topological polar surface area (TPSA) is 130 Å². The fourth-order valence-electron chi connectivity index (χ4n) is 4.70. The first-order valence-electron chi connectivity index (χ1n) is 13.5. The molecular weight excluding hydrogens is 568 g/mol. The number of likely N-dealkylation sites (N-methyl/N-ethyl adjacent to an activating group) is 1. The standard InChI is InChI=1S/C32H32N4O6S/c1-24-12-9-10-15-26(24)22-34(30(32(38)33-2)20-25-13-5-3-6-14-25)31(37)23-35(27-16-11-17-28(21-27)36(39)40)43(41,42)29-18-7-4-8-19-29/h3-19,21,30H,20,22-23H2,1-2H3,(H,33,38)/t30-/m1/s1. The molecule has 0 heterocycles. The molecule has 222 valence electrons. The molecule has 0 aliphatic heterocycles. The van der Waals surface area contributed by atoms with Crippen molar-refractivity contribution < 1.29 is 22.9 Å². The first-order valence-corrected chi connectivity index (χ1v) is 15.0. The van der Waals surface area contributed by atoms with Crippen molar-refractivity contribution in [2.24, 2.45) is 0 Å². The number of carbonyl (C=O) groups excluding carboxylic acids is 2. The van der Waals surface area contributed by atoms with Crippen LogP contribution in [0.25, 0.3) is 0 Å². The van der Waals surface area contributed by atoms with Gasteiger partial charge in [0, 0.05) is 32.1 Å². The lowest BCUT2D eigenvalue weighted by atomic mass is 10.0. The Kier molecular flexibility index (Phi) is 9.89. The fraction of sp³-hybridized carbons (Fsp3) is 0.188. The van der Waals surface area contributed by atoms with Gasteiger partial charge >= 0.3 is 0 Å². The molecule has 11 heteroatoms. The van der Waals surface area contributed by atoms with E-state index in [-0.39, 0.29) is 29.2 Å². The Bertz CT molecular complexity index is 1700. The van der Waals surface area contributed by atoms with Gasteiger partial charge in [-0.2, -0.15) is 0 Å². The molecular formula is C32H32N4O6S. The number of hydrogen-bond donors (Lipinski definition) is 1. The highest BCUT2D eigenvalue weighted by Crippen LogP contribution is 2.28. The summed E-state index contributed by atoms with van der Waals surface area (Å²) in [5, 5.41) is 14.2. The molecule has 2 amide bonds. The molecule has 0 aromatic heterocycles. The lowest BCUT2D eigenvalue weighted by Crippen LogP contribution is -2.53. The predicted molar refractivity (Wildman–Crippen MR) is 164 cm³/mol. The van der Waals surface area contributed by atoms with Crippen LogP contribution in [0.15, 0.2) is 114 Å². The molecule has 1 atom stereocenters. The number of sulfonamides is 1. The Hall–Kier alpha value is -5.03. The predicted octanol–water partition coefficient (Wildman–Crippen LogP) is 4.48. The van der Waals surface area contributed by atoms with Gasteiger partial charge in [-0.05, 0) is 41.8 Å². The van der Waals surface area contributed by atoms with Crippen LogP contribution in [0, 0.1) is 17.0 Å². The Labute approximate surface area is 250 Å². The number of aryl methyl sites for hydroxylation is 1. The smallest absolute Gasteiger partial charge is 0.271 e. The van der Waals surface area contributed by atoms with Crippen LogP contribution >= 0.6 is 0 Å². The van der Waals surface area contributed by atoms with E-state index in [0.29, 0.717) is 0 Å². The van der Waals surface area contributed by atoms with Crippen LogP contribution in [-0.4, -0.2) is 49.7 Å². The van der Waals surface area contributed by atoms with Gasteiger partial charge in [-0.15, -0.1) is 0 Å². The zero-order valence-electron chi connectivity index (χ0n) is 23.8. The number of hydrogen-bond acceptors (Lipinski definition) is 6. The molecule has 0 aliphatic carbocycles. The van der Waals surface area contributed by atoms with Crippen LogP contribution in [0.5, 0.6) is 0 Å². The van der Waals surface area contributed by atoms with Gasteiger partial charge in [0.05, 0.1) is 15.5 Å². The first-order chi connectivity index (χ1) is 20.6. The molecule has 4 rings (SSSR count). The van der Waals surface area contributed by atoms with Gasteiger partial charge in [0.25, 0.3) is 15.7 Å². The van der Waals surface area contributed by atoms with E-state index in [9.17, 15) is 28.1 Å². The third-order valence-electron chi connectivity index (χ3n) is 7.06. The van der Waals surface area contributed by atoms with Gasteiger partial charge < -0.3 is 10.2 Å². The highest BCUT2D eigenvalue weighted by Gasteiger charge is 2.34. The van der Waals surface area contributed by atoms with Gasteiger partial charge in [-0.25, -0.2) is 8.42 Å².